The molecule has 0 aromatic heterocycles. The molecule has 0 unspecified atom stereocenters. The third-order valence-corrected chi connectivity index (χ3v) is 2.52. The summed E-state index contributed by atoms with van der Waals surface area (Å²) >= 11 is 0. The zero-order valence-electron chi connectivity index (χ0n) is 9.24. The van der Waals surface area contributed by atoms with Gasteiger partial charge in [-0.3, -0.25) is 0 Å². The molecule has 1 rings (SSSR count). The Balaban J connectivity index is 0. The smallest absolute Gasteiger partial charge is 0.0175 e. The summed E-state index contributed by atoms with van der Waals surface area (Å²) in [6.07, 6.45) is 5.50. The Labute approximate surface area is 78.3 Å². The highest BCUT2D eigenvalue weighted by Crippen LogP contribution is 2.33. The molecule has 0 heterocycles. The van der Waals surface area contributed by atoms with Crippen LogP contribution in [0.15, 0.2) is 13.2 Å². The lowest BCUT2D eigenvalue weighted by Gasteiger charge is -2.41. The van der Waals surface area contributed by atoms with Crippen LogP contribution >= 0.6 is 0 Å². The van der Waals surface area contributed by atoms with Crippen molar-refractivity contribution in [2.75, 3.05) is 7.05 Å². The highest BCUT2D eigenvalue weighted by molar-refractivity contribution is 4.93. The van der Waals surface area contributed by atoms with E-state index in [0.29, 0.717) is 5.54 Å². The maximum atomic E-state index is 3.36. The van der Waals surface area contributed by atoms with Gasteiger partial charge in [0.15, 0.2) is 0 Å². The number of hydrogen-bond donors (Lipinski definition) is 1. The molecular formula is C11H25N. The predicted molar refractivity (Wildman–Crippen MR) is 58.5 cm³/mol. The maximum Gasteiger partial charge on any atom is 0.0175 e. The molecule has 1 saturated carbocycles. The largest absolute Gasteiger partial charge is 0.314 e. The second-order valence-electron chi connectivity index (χ2n) is 2.74. The summed E-state index contributed by atoms with van der Waals surface area (Å²) in [6, 6.07) is 0. The van der Waals surface area contributed by atoms with E-state index in [-0.39, 0.29) is 0 Å². The van der Waals surface area contributed by atoms with Gasteiger partial charge in [-0.1, -0.05) is 20.8 Å². The minimum absolute atomic E-state index is 0.556. The molecule has 0 atom stereocenters. The zero-order chi connectivity index (χ0) is 10.0. The summed E-state index contributed by atoms with van der Waals surface area (Å²) in [5, 5.41) is 3.36. The van der Waals surface area contributed by atoms with Crippen molar-refractivity contribution in [2.24, 2.45) is 0 Å². The summed E-state index contributed by atoms with van der Waals surface area (Å²) in [5.41, 5.74) is 0.556. The molecule has 0 bridgehead atoms. The molecule has 74 valence electrons. The summed E-state index contributed by atoms with van der Waals surface area (Å²) < 4.78 is 0. The minimum atomic E-state index is 0.556. The van der Waals surface area contributed by atoms with Crippen LogP contribution in [0.3, 0.4) is 0 Å². The minimum Gasteiger partial charge on any atom is -0.314 e. The maximum absolute atomic E-state index is 3.36. The molecule has 0 aliphatic heterocycles. The molecule has 0 aromatic carbocycles. The lowest BCUT2D eigenvalue weighted by molar-refractivity contribution is 0.192. The van der Waals surface area contributed by atoms with E-state index in [0.717, 1.165) is 0 Å². The molecule has 0 aromatic rings. The van der Waals surface area contributed by atoms with Crippen molar-refractivity contribution in [2.45, 2.75) is 52.0 Å². The van der Waals surface area contributed by atoms with Crippen LogP contribution in [0.4, 0.5) is 0 Å². The predicted octanol–water partition coefficient (Wildman–Crippen LogP) is 3.37. The third kappa shape index (κ3) is 3.91. The van der Waals surface area contributed by atoms with Crippen molar-refractivity contribution in [1.29, 1.82) is 0 Å². The normalized spacial score (nSPS) is 17.3. The second kappa shape index (κ2) is 8.79. The average Bonchev–Trinajstić information content (AvgIpc) is 2.12. The first-order chi connectivity index (χ1) is 5.83. The Morgan fingerprint density at radius 1 is 1.25 bits per heavy atom. The van der Waals surface area contributed by atoms with Crippen LogP contribution in [0.1, 0.15) is 46.5 Å². The quantitative estimate of drug-likeness (QED) is 0.628. The van der Waals surface area contributed by atoms with E-state index in [1.807, 2.05) is 13.8 Å². The fourth-order valence-corrected chi connectivity index (χ4v) is 1.38. The highest BCUT2D eigenvalue weighted by Gasteiger charge is 2.32. The molecule has 0 amide bonds. The summed E-state index contributed by atoms with van der Waals surface area (Å²) in [5.74, 6) is 0. The summed E-state index contributed by atoms with van der Waals surface area (Å²) in [6.45, 7) is 12.3. The van der Waals surface area contributed by atoms with Gasteiger partial charge in [0, 0.05) is 5.54 Å². The standard InChI is InChI=1S/C7H15N.C2H6.C2H4/c1-3-7(8-2)5-4-6-7;2*1-2/h8H,3-6H2,1-2H3;1-2H3;1-2H2. The van der Waals surface area contributed by atoms with Crippen LogP contribution in [0.5, 0.6) is 0 Å². The fourth-order valence-electron chi connectivity index (χ4n) is 1.38. The SMILES string of the molecule is C=C.CC.CCC1(NC)CCC1. The van der Waals surface area contributed by atoms with Crippen molar-refractivity contribution in [3.63, 3.8) is 0 Å². The van der Waals surface area contributed by atoms with E-state index in [4.69, 9.17) is 0 Å². The molecule has 1 nitrogen and oxygen atoms in total. The molecule has 1 aliphatic carbocycles. The molecule has 1 aliphatic rings. The Bertz CT molecular complexity index is 71.5. The summed E-state index contributed by atoms with van der Waals surface area (Å²) in [7, 11) is 2.07. The molecule has 1 N–H and O–H groups in total. The van der Waals surface area contributed by atoms with Gasteiger partial charge in [-0.2, -0.15) is 0 Å². The number of nitrogens with one attached hydrogen (secondary N) is 1. The molecule has 1 heteroatoms. The monoisotopic (exact) mass is 171 g/mol. The molecular weight excluding hydrogens is 146 g/mol. The van der Waals surface area contributed by atoms with Crippen LogP contribution in [0.2, 0.25) is 0 Å². The van der Waals surface area contributed by atoms with Crippen LogP contribution in [0, 0.1) is 0 Å². The number of rotatable bonds is 2. The first-order valence-corrected chi connectivity index (χ1v) is 5.02. The van der Waals surface area contributed by atoms with Crippen molar-refractivity contribution in [3.05, 3.63) is 13.2 Å². The van der Waals surface area contributed by atoms with Gasteiger partial charge >= 0.3 is 0 Å². The van der Waals surface area contributed by atoms with E-state index < -0.39 is 0 Å². The van der Waals surface area contributed by atoms with E-state index in [1.165, 1.54) is 25.7 Å². The van der Waals surface area contributed by atoms with Gasteiger partial charge in [0.2, 0.25) is 0 Å². The van der Waals surface area contributed by atoms with Crippen LogP contribution in [0.25, 0.3) is 0 Å². The highest BCUT2D eigenvalue weighted by atomic mass is 15.0. The Morgan fingerprint density at radius 2 is 1.67 bits per heavy atom. The third-order valence-electron chi connectivity index (χ3n) is 2.52. The fraction of sp³-hybridized carbons (Fsp3) is 0.818. The van der Waals surface area contributed by atoms with E-state index in [1.54, 1.807) is 0 Å². The molecule has 0 radical (unpaired) electrons. The van der Waals surface area contributed by atoms with Gasteiger partial charge in [-0.05, 0) is 32.7 Å². The summed E-state index contributed by atoms with van der Waals surface area (Å²) in [4.78, 5) is 0. The van der Waals surface area contributed by atoms with Crippen LogP contribution in [-0.2, 0) is 0 Å². The van der Waals surface area contributed by atoms with Gasteiger partial charge in [0.05, 0.1) is 0 Å². The van der Waals surface area contributed by atoms with Gasteiger partial charge < -0.3 is 5.32 Å². The number of hydrogen-bond acceptors (Lipinski definition) is 1. The average molecular weight is 171 g/mol. The topological polar surface area (TPSA) is 12.0 Å². The Kier molecular flexibility index (Phi) is 10.4. The molecule has 1 fully saturated rings. The molecule has 12 heavy (non-hydrogen) atoms. The van der Waals surface area contributed by atoms with Gasteiger partial charge in [0.25, 0.3) is 0 Å². The van der Waals surface area contributed by atoms with Crippen LogP contribution < -0.4 is 5.32 Å². The lowest BCUT2D eigenvalue weighted by Crippen LogP contribution is -2.48. The van der Waals surface area contributed by atoms with E-state index >= 15 is 0 Å². The molecule has 0 spiro atoms. The Morgan fingerprint density at radius 3 is 1.67 bits per heavy atom. The van der Waals surface area contributed by atoms with Crippen molar-refractivity contribution >= 4 is 0 Å². The van der Waals surface area contributed by atoms with E-state index in [9.17, 15) is 0 Å². The van der Waals surface area contributed by atoms with Crippen molar-refractivity contribution in [1.82, 2.24) is 5.32 Å². The van der Waals surface area contributed by atoms with Gasteiger partial charge in [0.1, 0.15) is 0 Å². The second-order valence-corrected chi connectivity index (χ2v) is 2.74. The Hall–Kier alpha value is -0.300. The van der Waals surface area contributed by atoms with Gasteiger partial charge in [-0.25, -0.2) is 0 Å². The first-order valence-electron chi connectivity index (χ1n) is 5.02. The van der Waals surface area contributed by atoms with Crippen molar-refractivity contribution < 1.29 is 0 Å². The van der Waals surface area contributed by atoms with Crippen LogP contribution in [-0.4, -0.2) is 12.6 Å². The van der Waals surface area contributed by atoms with E-state index in [2.05, 4.69) is 32.4 Å². The lowest BCUT2D eigenvalue weighted by atomic mass is 9.75. The molecule has 0 saturated heterocycles. The van der Waals surface area contributed by atoms with Crippen molar-refractivity contribution in [3.8, 4) is 0 Å². The zero-order valence-corrected chi connectivity index (χ0v) is 9.24. The first kappa shape index (κ1) is 14.2. The van der Waals surface area contributed by atoms with Gasteiger partial charge in [-0.15, -0.1) is 13.2 Å².